The van der Waals surface area contributed by atoms with Gasteiger partial charge in [0, 0.05) is 55.9 Å². The van der Waals surface area contributed by atoms with Gasteiger partial charge in [0.2, 0.25) is 0 Å². The van der Waals surface area contributed by atoms with Crippen LogP contribution in [0.1, 0.15) is 22.4 Å². The number of hydrogen-bond acceptors (Lipinski definition) is 3. The minimum Gasteiger partial charge on any atom is -0.390 e. The van der Waals surface area contributed by atoms with Gasteiger partial charge >= 0.3 is 6.03 Å². The zero-order valence-electron chi connectivity index (χ0n) is 17.1. The van der Waals surface area contributed by atoms with Crippen LogP contribution >= 0.6 is 0 Å². The van der Waals surface area contributed by atoms with Crippen LogP contribution in [0.5, 0.6) is 0 Å². The van der Waals surface area contributed by atoms with Gasteiger partial charge in [-0.25, -0.2) is 4.79 Å². The lowest BCUT2D eigenvalue weighted by Gasteiger charge is -2.31. The van der Waals surface area contributed by atoms with Crippen molar-refractivity contribution < 1.29 is 9.90 Å². The van der Waals surface area contributed by atoms with E-state index in [4.69, 9.17) is 0 Å². The van der Waals surface area contributed by atoms with E-state index in [1.54, 1.807) is 0 Å². The molecular weight excluding hydrogens is 376 g/mol. The number of para-hydroxylation sites is 1. The Bertz CT molecular complexity index is 1060. The molecule has 3 heterocycles. The van der Waals surface area contributed by atoms with E-state index in [-0.39, 0.29) is 12.6 Å². The highest BCUT2D eigenvalue weighted by atomic mass is 16.3. The molecule has 1 atom stereocenters. The van der Waals surface area contributed by atoms with Crippen LogP contribution in [0.15, 0.2) is 48.5 Å². The zero-order chi connectivity index (χ0) is 20.5. The van der Waals surface area contributed by atoms with Crippen molar-refractivity contribution in [3.05, 3.63) is 70.9 Å². The second-order valence-electron chi connectivity index (χ2n) is 8.39. The van der Waals surface area contributed by atoms with Crippen molar-refractivity contribution >= 4 is 16.9 Å². The highest BCUT2D eigenvalue weighted by Crippen LogP contribution is 2.27. The van der Waals surface area contributed by atoms with Gasteiger partial charge in [0.25, 0.3) is 0 Å². The molecule has 2 aromatic carbocycles. The van der Waals surface area contributed by atoms with Crippen LogP contribution in [0.3, 0.4) is 0 Å². The Morgan fingerprint density at radius 1 is 1.03 bits per heavy atom. The number of nitrogens with zero attached hydrogens (tertiary/aromatic N) is 2. The maximum absolute atomic E-state index is 12.6. The third-order valence-corrected chi connectivity index (χ3v) is 6.34. The zero-order valence-corrected chi connectivity index (χ0v) is 17.1. The van der Waals surface area contributed by atoms with Gasteiger partial charge in [0.05, 0.1) is 6.10 Å². The summed E-state index contributed by atoms with van der Waals surface area (Å²) in [6.45, 7) is 3.90. The summed E-state index contributed by atoms with van der Waals surface area (Å²) in [4.78, 5) is 20.2. The first-order valence-corrected chi connectivity index (χ1v) is 10.8. The molecule has 1 aromatic heterocycles. The topological polar surface area (TPSA) is 71.6 Å². The molecule has 0 aliphatic carbocycles. The van der Waals surface area contributed by atoms with Crippen molar-refractivity contribution in [2.45, 2.75) is 32.0 Å². The molecule has 3 N–H and O–H groups in total. The lowest BCUT2D eigenvalue weighted by Crippen LogP contribution is -2.47. The highest BCUT2D eigenvalue weighted by Gasteiger charge is 2.24. The number of aliphatic hydroxyl groups is 1. The first kappa shape index (κ1) is 19.2. The van der Waals surface area contributed by atoms with E-state index < -0.39 is 6.10 Å². The van der Waals surface area contributed by atoms with Crippen LogP contribution in [-0.4, -0.2) is 58.2 Å². The number of β-amino-alcohol motifs (C(OH)–C–C–N with tert-alkyl or cyclic N) is 1. The molecule has 0 saturated heterocycles. The average Bonchev–Trinajstić information content (AvgIpc) is 3.15. The van der Waals surface area contributed by atoms with Crippen molar-refractivity contribution in [2.24, 2.45) is 0 Å². The number of carbonyl (C=O) groups is 1. The first-order valence-electron chi connectivity index (χ1n) is 10.8. The Morgan fingerprint density at radius 2 is 1.83 bits per heavy atom. The predicted octanol–water partition coefficient (Wildman–Crippen LogP) is 2.65. The molecule has 0 bridgehead atoms. The summed E-state index contributed by atoms with van der Waals surface area (Å²) in [7, 11) is 0. The van der Waals surface area contributed by atoms with Crippen molar-refractivity contribution in [1.29, 1.82) is 0 Å². The number of urea groups is 1. The summed E-state index contributed by atoms with van der Waals surface area (Å²) in [5.74, 6) is 0. The highest BCUT2D eigenvalue weighted by molar-refractivity contribution is 5.84. The fourth-order valence-electron chi connectivity index (χ4n) is 4.75. The number of carbonyl (C=O) groups excluding carboxylic acids is 1. The minimum atomic E-state index is -0.586. The van der Waals surface area contributed by atoms with Gasteiger partial charge < -0.3 is 20.3 Å². The summed E-state index contributed by atoms with van der Waals surface area (Å²) >= 11 is 0. The second-order valence-corrected chi connectivity index (χ2v) is 8.39. The SMILES string of the molecule is O=C(NCC(O)CN1CCc2c([nH]c3ccccc23)C1)N1CCc2ccccc2C1. The number of benzene rings is 2. The van der Waals surface area contributed by atoms with Crippen molar-refractivity contribution in [2.75, 3.05) is 26.2 Å². The number of amides is 2. The van der Waals surface area contributed by atoms with Crippen molar-refractivity contribution in [3.8, 4) is 0 Å². The number of aromatic nitrogens is 1. The summed E-state index contributed by atoms with van der Waals surface area (Å²) < 4.78 is 0. The Hall–Kier alpha value is -2.83. The molecule has 2 aliphatic heterocycles. The molecule has 1 unspecified atom stereocenters. The van der Waals surface area contributed by atoms with Gasteiger partial charge in [-0.15, -0.1) is 0 Å². The van der Waals surface area contributed by atoms with Crippen LogP contribution in [-0.2, 0) is 25.9 Å². The number of rotatable bonds is 4. The molecule has 0 radical (unpaired) electrons. The maximum atomic E-state index is 12.6. The Kier molecular flexibility index (Phi) is 5.19. The molecule has 2 amide bonds. The minimum absolute atomic E-state index is 0.0971. The van der Waals surface area contributed by atoms with E-state index in [0.717, 1.165) is 25.9 Å². The summed E-state index contributed by atoms with van der Waals surface area (Å²) in [5.41, 5.74) is 6.35. The van der Waals surface area contributed by atoms with Crippen LogP contribution in [0.25, 0.3) is 10.9 Å². The van der Waals surface area contributed by atoms with E-state index in [0.29, 0.717) is 19.6 Å². The second kappa shape index (κ2) is 8.13. The summed E-state index contributed by atoms with van der Waals surface area (Å²) in [5, 5.41) is 14.7. The smallest absolute Gasteiger partial charge is 0.317 e. The molecule has 156 valence electrons. The van der Waals surface area contributed by atoms with E-state index >= 15 is 0 Å². The standard InChI is InChI=1S/C24H28N4O2/c29-19(13-25-24(30)28-12-9-17-5-1-2-6-18(17)14-28)15-27-11-10-21-20-7-3-4-8-22(20)26-23(21)16-27/h1-8,19,26,29H,9-16H2,(H,25,30). The lowest BCUT2D eigenvalue weighted by atomic mass is 10.0. The van der Waals surface area contributed by atoms with E-state index in [1.165, 1.54) is 33.3 Å². The fraction of sp³-hybridized carbons (Fsp3) is 0.375. The van der Waals surface area contributed by atoms with Gasteiger partial charge in [0.1, 0.15) is 0 Å². The normalized spacial score (nSPS) is 17.4. The number of fused-ring (bicyclic) bond motifs is 4. The van der Waals surface area contributed by atoms with Gasteiger partial charge in [-0.3, -0.25) is 4.90 Å². The van der Waals surface area contributed by atoms with E-state index in [2.05, 4.69) is 51.6 Å². The Balaban J connectivity index is 1.13. The third kappa shape index (κ3) is 3.80. The average molecular weight is 405 g/mol. The molecule has 0 fully saturated rings. The molecule has 6 nitrogen and oxygen atoms in total. The number of aliphatic hydroxyl groups excluding tert-OH is 1. The molecule has 6 heteroatoms. The van der Waals surface area contributed by atoms with Gasteiger partial charge in [-0.1, -0.05) is 42.5 Å². The lowest BCUT2D eigenvalue weighted by molar-refractivity contribution is 0.102. The van der Waals surface area contributed by atoms with E-state index in [9.17, 15) is 9.90 Å². The first-order chi connectivity index (χ1) is 14.7. The van der Waals surface area contributed by atoms with Crippen molar-refractivity contribution in [1.82, 2.24) is 20.1 Å². The van der Waals surface area contributed by atoms with Gasteiger partial charge in [-0.05, 0) is 35.6 Å². The Morgan fingerprint density at radius 3 is 2.73 bits per heavy atom. The number of H-pyrrole nitrogens is 1. The van der Waals surface area contributed by atoms with Gasteiger partial charge in [-0.2, -0.15) is 0 Å². The largest absolute Gasteiger partial charge is 0.390 e. The molecule has 30 heavy (non-hydrogen) atoms. The molecule has 0 saturated carbocycles. The molecule has 3 aromatic rings. The molecule has 5 rings (SSSR count). The molecule has 0 spiro atoms. The van der Waals surface area contributed by atoms with E-state index in [1.807, 2.05) is 17.0 Å². The fourth-order valence-corrected chi connectivity index (χ4v) is 4.75. The number of hydrogen-bond donors (Lipinski definition) is 3. The van der Waals surface area contributed by atoms with Crippen molar-refractivity contribution in [3.63, 3.8) is 0 Å². The quantitative estimate of drug-likeness (QED) is 0.626. The van der Waals surface area contributed by atoms with Crippen LogP contribution in [0.4, 0.5) is 4.79 Å². The Labute approximate surface area is 176 Å². The third-order valence-electron chi connectivity index (χ3n) is 6.34. The van der Waals surface area contributed by atoms with Crippen LogP contribution in [0.2, 0.25) is 0 Å². The molecule has 2 aliphatic rings. The van der Waals surface area contributed by atoms with Crippen LogP contribution < -0.4 is 5.32 Å². The summed E-state index contributed by atoms with van der Waals surface area (Å²) in [6.07, 6.45) is 1.27. The van der Waals surface area contributed by atoms with Crippen LogP contribution in [0, 0.1) is 0 Å². The molecular formula is C24H28N4O2. The number of aromatic amines is 1. The summed E-state index contributed by atoms with van der Waals surface area (Å²) in [6, 6.07) is 16.6. The predicted molar refractivity (Wildman–Crippen MR) is 117 cm³/mol. The van der Waals surface area contributed by atoms with Gasteiger partial charge in [0.15, 0.2) is 0 Å². The maximum Gasteiger partial charge on any atom is 0.317 e. The monoisotopic (exact) mass is 404 g/mol. The number of nitrogens with one attached hydrogen (secondary N) is 2.